The summed E-state index contributed by atoms with van der Waals surface area (Å²) >= 11 is 0. The van der Waals surface area contributed by atoms with Gasteiger partial charge in [0.15, 0.2) is 0 Å². The topological polar surface area (TPSA) is 45.4 Å². The van der Waals surface area contributed by atoms with Gasteiger partial charge in [0.25, 0.3) is 0 Å². The number of rotatable bonds is 3. The van der Waals surface area contributed by atoms with Crippen molar-refractivity contribution < 1.29 is 10.2 Å². The summed E-state index contributed by atoms with van der Waals surface area (Å²) in [4.78, 5) is 0. The predicted molar refractivity (Wildman–Crippen MR) is 229 cm³/mol. The number of hydrogen-bond acceptors (Lipinski definition) is 2. The lowest BCUT2D eigenvalue weighted by atomic mass is 9.80. The molecule has 3 nitrogen and oxygen atoms in total. The van der Waals surface area contributed by atoms with Crippen molar-refractivity contribution in [3.63, 3.8) is 0 Å². The van der Waals surface area contributed by atoms with Gasteiger partial charge in [-0.25, -0.2) is 0 Å². The summed E-state index contributed by atoms with van der Waals surface area (Å²) < 4.78 is 2.31. The van der Waals surface area contributed by atoms with Crippen LogP contribution in [-0.2, 0) is 11.2 Å². The fraction of sp³-hybridized carbons (Fsp3) is 0.0566. The van der Waals surface area contributed by atoms with Crippen molar-refractivity contribution in [2.75, 3.05) is 0 Å². The molecule has 12 rings (SSSR count). The molecule has 1 heterocycles. The van der Waals surface area contributed by atoms with E-state index in [2.05, 4.69) is 174 Å². The van der Waals surface area contributed by atoms with Crippen LogP contribution in [0.15, 0.2) is 182 Å². The maximum atomic E-state index is 13.4. The first-order valence-corrected chi connectivity index (χ1v) is 19.3. The number of fused-ring (bicyclic) bond motifs is 11. The number of aromatic nitrogens is 1. The highest BCUT2D eigenvalue weighted by molar-refractivity contribution is 6.00. The van der Waals surface area contributed by atoms with E-state index in [0.29, 0.717) is 6.42 Å². The van der Waals surface area contributed by atoms with Crippen LogP contribution >= 0.6 is 0 Å². The van der Waals surface area contributed by atoms with Crippen LogP contribution in [0.1, 0.15) is 45.5 Å². The largest absolute Gasteiger partial charge is 0.376 e. The van der Waals surface area contributed by atoms with Crippen LogP contribution in [0.2, 0.25) is 0 Å². The molecule has 0 fully saturated rings. The minimum absolute atomic E-state index is 0.569. The molecule has 8 aromatic carbocycles. The van der Waals surface area contributed by atoms with E-state index in [1.54, 1.807) is 0 Å². The summed E-state index contributed by atoms with van der Waals surface area (Å²) in [6.07, 6.45) is 7.20. The molecule has 56 heavy (non-hydrogen) atoms. The van der Waals surface area contributed by atoms with E-state index in [1.807, 2.05) is 18.2 Å². The Morgan fingerprint density at radius 2 is 1.00 bits per heavy atom. The molecule has 0 saturated heterocycles. The van der Waals surface area contributed by atoms with Crippen molar-refractivity contribution in [2.45, 2.75) is 17.6 Å². The average Bonchev–Trinajstić information content (AvgIpc) is 3.70. The summed E-state index contributed by atoms with van der Waals surface area (Å²) in [6.45, 7) is 0. The Balaban J connectivity index is 1.13. The zero-order chi connectivity index (χ0) is 37.2. The molecule has 1 aromatic heterocycles. The molecule has 0 saturated carbocycles. The molecule has 2 N–H and O–H groups in total. The lowest BCUT2D eigenvalue weighted by Gasteiger charge is -2.29. The van der Waals surface area contributed by atoms with E-state index in [1.165, 1.54) is 0 Å². The van der Waals surface area contributed by atoms with Crippen LogP contribution in [-0.4, -0.2) is 14.8 Å². The van der Waals surface area contributed by atoms with E-state index in [9.17, 15) is 10.2 Å². The normalized spacial score (nSPS) is 19.0. The highest BCUT2D eigenvalue weighted by atomic mass is 16.3. The molecule has 0 aliphatic heterocycles. The molecule has 3 heteroatoms. The van der Waals surface area contributed by atoms with Gasteiger partial charge >= 0.3 is 0 Å². The van der Waals surface area contributed by atoms with Crippen LogP contribution < -0.4 is 0 Å². The first-order chi connectivity index (χ1) is 27.5. The number of aliphatic hydroxyl groups is 2. The highest BCUT2D eigenvalue weighted by Gasteiger charge is 2.46. The van der Waals surface area contributed by atoms with Gasteiger partial charge in [0.05, 0.1) is 11.2 Å². The summed E-state index contributed by atoms with van der Waals surface area (Å²) in [5, 5.41) is 32.1. The Morgan fingerprint density at radius 3 is 1.64 bits per heavy atom. The Morgan fingerprint density at radius 1 is 0.464 bits per heavy atom. The Hall–Kier alpha value is -6.78. The first-order valence-electron chi connectivity index (χ1n) is 19.3. The third kappa shape index (κ3) is 4.13. The molecule has 0 spiro atoms. The first kappa shape index (κ1) is 31.6. The summed E-state index contributed by atoms with van der Waals surface area (Å²) in [6, 6.07) is 59.1. The second kappa shape index (κ2) is 11.4. The number of nitrogens with zero attached hydrogens (tertiary/aromatic N) is 1. The number of allylic oxidation sites excluding steroid dienone is 1. The second-order valence-electron chi connectivity index (χ2n) is 15.5. The molecule has 264 valence electrons. The SMILES string of the molecule is OC1(C2=Cc3c(n(-c4ccccc4)c4ccc(C5(O)c6ccccc6-c6cc7ccccc7cc65)cc34)C=CC2)c2ccccc2-c2cc3ccccc3cc21. The molecular formula is C53H35NO2. The van der Waals surface area contributed by atoms with Gasteiger partial charge in [0.2, 0.25) is 0 Å². The molecule has 2 unspecified atom stereocenters. The monoisotopic (exact) mass is 717 g/mol. The van der Waals surface area contributed by atoms with Crippen LogP contribution in [0.5, 0.6) is 0 Å². The number of para-hydroxylation sites is 1. The molecule has 3 aliphatic rings. The molecular weight excluding hydrogens is 683 g/mol. The van der Waals surface area contributed by atoms with E-state index < -0.39 is 11.2 Å². The third-order valence-corrected chi connectivity index (χ3v) is 12.6. The zero-order valence-corrected chi connectivity index (χ0v) is 30.4. The van der Waals surface area contributed by atoms with Crippen molar-refractivity contribution >= 4 is 44.6 Å². The zero-order valence-electron chi connectivity index (χ0n) is 30.4. The van der Waals surface area contributed by atoms with Crippen molar-refractivity contribution in [1.29, 1.82) is 0 Å². The van der Waals surface area contributed by atoms with Crippen LogP contribution in [0, 0.1) is 0 Å². The van der Waals surface area contributed by atoms with Gasteiger partial charge < -0.3 is 14.8 Å². The van der Waals surface area contributed by atoms with Gasteiger partial charge in [0.1, 0.15) is 11.2 Å². The van der Waals surface area contributed by atoms with E-state index >= 15 is 0 Å². The van der Waals surface area contributed by atoms with Gasteiger partial charge in [-0.1, -0.05) is 127 Å². The summed E-state index contributed by atoms with van der Waals surface area (Å²) in [5.41, 5.74) is 11.0. The van der Waals surface area contributed by atoms with Crippen molar-refractivity contribution in [3.05, 3.63) is 221 Å². The van der Waals surface area contributed by atoms with Crippen LogP contribution in [0.25, 0.3) is 72.5 Å². The summed E-state index contributed by atoms with van der Waals surface area (Å²) in [7, 11) is 0. The van der Waals surface area contributed by atoms with E-state index in [-0.39, 0.29) is 0 Å². The van der Waals surface area contributed by atoms with Crippen molar-refractivity contribution in [1.82, 2.24) is 4.57 Å². The number of hydrogen-bond donors (Lipinski definition) is 2. The second-order valence-corrected chi connectivity index (χ2v) is 15.5. The minimum Gasteiger partial charge on any atom is -0.376 e. The Labute approximate surface area is 324 Å². The van der Waals surface area contributed by atoms with Crippen molar-refractivity contribution in [2.24, 2.45) is 0 Å². The molecule has 3 aliphatic carbocycles. The Bertz CT molecular complexity index is 3200. The standard InChI is InChI=1S/C53H35NO2/c55-52(46-22-10-8-20-40(46)42-27-33-13-4-6-15-35(33)29-48(42)52)37-17-12-24-50-44(31-37)45-32-38(25-26-51(45)54(50)39-18-2-1-3-19-39)53(56)47-23-11-9-21-41(47)43-28-34-14-5-7-16-36(34)30-49(43)53/h1-16,18-32,55-56H,17H2. The predicted octanol–water partition coefficient (Wildman–Crippen LogP) is 11.9. The van der Waals surface area contributed by atoms with Gasteiger partial charge in [-0.2, -0.15) is 0 Å². The Kier molecular flexibility index (Phi) is 6.41. The summed E-state index contributed by atoms with van der Waals surface area (Å²) in [5.74, 6) is 0. The smallest absolute Gasteiger partial charge is 0.141 e. The fourth-order valence-corrected chi connectivity index (χ4v) is 10.1. The molecule has 9 aromatic rings. The lowest BCUT2D eigenvalue weighted by molar-refractivity contribution is 0.125. The van der Waals surface area contributed by atoms with Crippen molar-refractivity contribution in [3.8, 4) is 27.9 Å². The molecule has 2 atom stereocenters. The van der Waals surface area contributed by atoms with Gasteiger partial charge in [-0.3, -0.25) is 0 Å². The lowest BCUT2D eigenvalue weighted by Crippen LogP contribution is -2.27. The van der Waals surface area contributed by atoms with E-state index in [4.69, 9.17) is 0 Å². The van der Waals surface area contributed by atoms with E-state index in [0.717, 1.165) is 105 Å². The maximum Gasteiger partial charge on any atom is 0.141 e. The van der Waals surface area contributed by atoms with Gasteiger partial charge in [-0.05, 0) is 122 Å². The van der Waals surface area contributed by atoms with Crippen LogP contribution in [0.4, 0.5) is 0 Å². The average molecular weight is 718 g/mol. The van der Waals surface area contributed by atoms with Gasteiger partial charge in [-0.15, -0.1) is 0 Å². The quantitative estimate of drug-likeness (QED) is 0.191. The third-order valence-electron chi connectivity index (χ3n) is 12.6. The maximum absolute atomic E-state index is 13.4. The van der Waals surface area contributed by atoms with Crippen LogP contribution in [0.3, 0.4) is 0 Å². The molecule has 0 bridgehead atoms. The molecule has 0 amide bonds. The minimum atomic E-state index is -1.37. The van der Waals surface area contributed by atoms with Gasteiger partial charge in [0, 0.05) is 38.9 Å². The number of benzene rings is 8. The highest BCUT2D eigenvalue weighted by Crippen LogP contribution is 2.55. The molecule has 0 radical (unpaired) electrons. The fourth-order valence-electron chi connectivity index (χ4n) is 10.1.